The van der Waals surface area contributed by atoms with Crippen LogP contribution in [0.2, 0.25) is 0 Å². The summed E-state index contributed by atoms with van der Waals surface area (Å²) in [5, 5.41) is 21.9. The molecule has 18 heavy (non-hydrogen) atoms. The highest BCUT2D eigenvalue weighted by molar-refractivity contribution is 5.48. The number of nitrogens with one attached hydrogen (secondary N) is 1. The van der Waals surface area contributed by atoms with Gasteiger partial charge in [-0.1, -0.05) is 6.92 Å². The molecule has 0 bridgehead atoms. The van der Waals surface area contributed by atoms with Crippen molar-refractivity contribution >= 4 is 5.82 Å². The van der Waals surface area contributed by atoms with Gasteiger partial charge in [0, 0.05) is 12.4 Å². The van der Waals surface area contributed by atoms with E-state index < -0.39 is 0 Å². The van der Waals surface area contributed by atoms with Gasteiger partial charge >= 0.3 is 0 Å². The van der Waals surface area contributed by atoms with Gasteiger partial charge in [0.15, 0.2) is 11.5 Å². The normalized spacial score (nSPS) is 27.5. The molecule has 1 aliphatic carbocycles. The van der Waals surface area contributed by atoms with Crippen LogP contribution in [-0.2, 0) is 0 Å². The highest BCUT2D eigenvalue weighted by atomic mass is 16.3. The molecule has 2 N–H and O–H groups in total. The van der Waals surface area contributed by atoms with Crippen molar-refractivity contribution in [3.05, 3.63) is 18.1 Å². The maximum absolute atomic E-state index is 9.66. The van der Waals surface area contributed by atoms with Crippen molar-refractivity contribution in [3.63, 3.8) is 0 Å². The lowest BCUT2D eigenvalue weighted by Gasteiger charge is -2.39. The molecule has 5 heteroatoms. The molecule has 1 aromatic rings. The summed E-state index contributed by atoms with van der Waals surface area (Å²) in [7, 11) is 0. The highest BCUT2D eigenvalue weighted by Crippen LogP contribution is 2.34. The van der Waals surface area contributed by atoms with Crippen LogP contribution in [0.15, 0.2) is 12.4 Å². The van der Waals surface area contributed by atoms with E-state index in [9.17, 15) is 5.11 Å². The predicted octanol–water partition coefficient (Wildman–Crippen LogP) is 1.70. The Labute approximate surface area is 107 Å². The van der Waals surface area contributed by atoms with Crippen LogP contribution >= 0.6 is 0 Å². The summed E-state index contributed by atoms with van der Waals surface area (Å²) in [6.07, 6.45) is 7.00. The Morgan fingerprint density at radius 2 is 2.11 bits per heavy atom. The summed E-state index contributed by atoms with van der Waals surface area (Å²) in [6, 6.07) is 2.02. The second-order valence-electron chi connectivity index (χ2n) is 5.11. The Morgan fingerprint density at radius 1 is 1.44 bits per heavy atom. The fourth-order valence-electron chi connectivity index (χ4n) is 2.40. The first kappa shape index (κ1) is 12.8. The van der Waals surface area contributed by atoms with Crippen LogP contribution in [0.4, 0.5) is 5.82 Å². The number of hydrogen-bond donors (Lipinski definition) is 2. The average Bonchev–Trinajstić information content (AvgIpc) is 2.42. The third-order valence-electron chi connectivity index (χ3n) is 3.72. The number of anilines is 1. The van der Waals surface area contributed by atoms with E-state index in [0.29, 0.717) is 11.7 Å². The molecule has 1 saturated carbocycles. The van der Waals surface area contributed by atoms with E-state index in [1.165, 1.54) is 6.20 Å². The Hall–Kier alpha value is -1.67. The quantitative estimate of drug-likeness (QED) is 0.848. The summed E-state index contributed by atoms with van der Waals surface area (Å²) >= 11 is 0. The van der Waals surface area contributed by atoms with Gasteiger partial charge in [-0.3, -0.25) is 0 Å². The Morgan fingerprint density at radius 3 is 2.72 bits per heavy atom. The smallest absolute Gasteiger partial charge is 0.182 e. The molecule has 5 nitrogen and oxygen atoms in total. The molecular weight excluding hydrogens is 228 g/mol. The molecule has 0 aliphatic heterocycles. The Kier molecular flexibility index (Phi) is 3.78. The topological polar surface area (TPSA) is 81.8 Å². The molecule has 0 saturated heterocycles. The van der Waals surface area contributed by atoms with Crippen LogP contribution in [0.3, 0.4) is 0 Å². The predicted molar refractivity (Wildman–Crippen MR) is 67.8 cm³/mol. The molecule has 2 rings (SSSR count). The van der Waals surface area contributed by atoms with Crippen LogP contribution in [0.1, 0.15) is 38.3 Å². The van der Waals surface area contributed by atoms with Crippen LogP contribution in [-0.4, -0.2) is 27.2 Å². The first-order valence-corrected chi connectivity index (χ1v) is 6.29. The van der Waals surface area contributed by atoms with Crippen LogP contribution in [0, 0.1) is 17.2 Å². The van der Waals surface area contributed by atoms with E-state index in [0.717, 1.165) is 25.7 Å². The molecule has 1 aliphatic rings. The maximum atomic E-state index is 9.66. The third-order valence-corrected chi connectivity index (χ3v) is 3.72. The van der Waals surface area contributed by atoms with Gasteiger partial charge in [-0.2, -0.15) is 5.26 Å². The molecule has 0 aromatic carbocycles. The van der Waals surface area contributed by atoms with E-state index in [1.54, 1.807) is 6.20 Å². The van der Waals surface area contributed by atoms with Crippen molar-refractivity contribution in [2.75, 3.05) is 11.9 Å². The van der Waals surface area contributed by atoms with Crippen molar-refractivity contribution < 1.29 is 5.11 Å². The monoisotopic (exact) mass is 246 g/mol. The highest BCUT2D eigenvalue weighted by Gasteiger charge is 2.34. The van der Waals surface area contributed by atoms with Gasteiger partial charge in [0.1, 0.15) is 6.07 Å². The minimum atomic E-state index is -0.353. The van der Waals surface area contributed by atoms with Gasteiger partial charge < -0.3 is 10.4 Å². The summed E-state index contributed by atoms with van der Waals surface area (Å²) in [4.78, 5) is 8.12. The van der Waals surface area contributed by atoms with Crippen molar-refractivity contribution in [2.45, 2.75) is 38.1 Å². The van der Waals surface area contributed by atoms with E-state index in [4.69, 9.17) is 5.26 Å². The fraction of sp³-hybridized carbons (Fsp3) is 0.615. The standard InChI is InChI=1S/C13H18N4O/c1-10-2-4-13(9-18,5-3-10)17-12-11(8-14)15-6-7-16-12/h6-7,10,18H,2-5,9H2,1H3,(H,16,17). The summed E-state index contributed by atoms with van der Waals surface area (Å²) in [6.45, 7) is 2.28. The molecule has 1 heterocycles. The lowest BCUT2D eigenvalue weighted by Crippen LogP contribution is -2.45. The van der Waals surface area contributed by atoms with E-state index >= 15 is 0 Å². The van der Waals surface area contributed by atoms with E-state index in [1.807, 2.05) is 6.07 Å². The average molecular weight is 246 g/mol. The minimum absolute atomic E-state index is 0.0567. The molecule has 0 unspecified atom stereocenters. The summed E-state index contributed by atoms with van der Waals surface area (Å²) < 4.78 is 0. The number of rotatable bonds is 3. The SMILES string of the molecule is CC1CCC(CO)(Nc2nccnc2C#N)CC1. The molecule has 1 aromatic heterocycles. The zero-order chi connectivity index (χ0) is 13.0. The zero-order valence-corrected chi connectivity index (χ0v) is 10.6. The first-order chi connectivity index (χ1) is 8.69. The second-order valence-corrected chi connectivity index (χ2v) is 5.11. The second kappa shape index (κ2) is 5.32. The van der Waals surface area contributed by atoms with Crippen LogP contribution in [0.5, 0.6) is 0 Å². The van der Waals surface area contributed by atoms with E-state index in [-0.39, 0.29) is 17.8 Å². The lowest BCUT2D eigenvalue weighted by atomic mass is 9.77. The van der Waals surface area contributed by atoms with E-state index in [2.05, 4.69) is 22.2 Å². The van der Waals surface area contributed by atoms with Crippen molar-refractivity contribution in [3.8, 4) is 6.07 Å². The lowest BCUT2D eigenvalue weighted by molar-refractivity contribution is 0.155. The maximum Gasteiger partial charge on any atom is 0.182 e. The number of aliphatic hydroxyl groups is 1. The molecule has 1 fully saturated rings. The number of aromatic nitrogens is 2. The molecule has 0 radical (unpaired) electrons. The Balaban J connectivity index is 2.18. The van der Waals surface area contributed by atoms with Gasteiger partial charge in [-0.05, 0) is 31.6 Å². The first-order valence-electron chi connectivity index (χ1n) is 6.29. The molecule has 0 spiro atoms. The number of aliphatic hydroxyl groups excluding tert-OH is 1. The van der Waals surface area contributed by atoms with Crippen LogP contribution in [0.25, 0.3) is 0 Å². The molecule has 0 atom stereocenters. The van der Waals surface area contributed by atoms with Crippen molar-refractivity contribution in [1.82, 2.24) is 9.97 Å². The van der Waals surface area contributed by atoms with Gasteiger partial charge in [0.25, 0.3) is 0 Å². The minimum Gasteiger partial charge on any atom is -0.394 e. The molecule has 0 amide bonds. The van der Waals surface area contributed by atoms with Gasteiger partial charge in [0.05, 0.1) is 12.1 Å². The number of nitrogens with zero attached hydrogens (tertiary/aromatic N) is 3. The Bertz CT molecular complexity index is 447. The fourth-order valence-corrected chi connectivity index (χ4v) is 2.40. The number of nitriles is 1. The molecule has 96 valence electrons. The van der Waals surface area contributed by atoms with Gasteiger partial charge in [0.2, 0.25) is 0 Å². The third kappa shape index (κ3) is 2.59. The summed E-state index contributed by atoms with van der Waals surface area (Å²) in [5.41, 5.74) is -0.0716. The number of hydrogen-bond acceptors (Lipinski definition) is 5. The van der Waals surface area contributed by atoms with Gasteiger partial charge in [-0.25, -0.2) is 9.97 Å². The molecular formula is C13H18N4O. The zero-order valence-electron chi connectivity index (χ0n) is 10.6. The summed E-state index contributed by atoms with van der Waals surface area (Å²) in [5.74, 6) is 1.17. The van der Waals surface area contributed by atoms with Crippen LogP contribution < -0.4 is 5.32 Å². The van der Waals surface area contributed by atoms with Gasteiger partial charge in [-0.15, -0.1) is 0 Å². The van der Waals surface area contributed by atoms with Crippen molar-refractivity contribution in [1.29, 1.82) is 5.26 Å². The largest absolute Gasteiger partial charge is 0.394 e. The van der Waals surface area contributed by atoms with Crippen molar-refractivity contribution in [2.24, 2.45) is 5.92 Å².